The molecule has 126 valence electrons. The molecule has 2 heterocycles. The van der Waals surface area contributed by atoms with E-state index in [1.807, 2.05) is 0 Å². The molecule has 2 N–H and O–H groups in total. The number of nitrogens with one attached hydrogen (secondary N) is 2. The van der Waals surface area contributed by atoms with Gasteiger partial charge in [-0.15, -0.1) is 0 Å². The normalized spacial score (nSPS) is 14.1. The molecule has 24 heavy (non-hydrogen) atoms. The van der Waals surface area contributed by atoms with Gasteiger partial charge < -0.3 is 9.88 Å². The number of anilines is 2. The number of hydrogen-bond donors (Lipinski definition) is 2. The van der Waals surface area contributed by atoms with Gasteiger partial charge in [-0.3, -0.25) is 14.3 Å². The number of aromatic amines is 1. The minimum atomic E-state index is -3.77. The Morgan fingerprint density at radius 3 is 2.71 bits per heavy atom. The lowest BCUT2D eigenvalue weighted by Gasteiger charge is -2.28. The van der Waals surface area contributed by atoms with Crippen LogP contribution in [0, 0.1) is 0 Å². The van der Waals surface area contributed by atoms with Crippen molar-refractivity contribution in [2.75, 3.05) is 16.2 Å². The Bertz CT molecular complexity index is 930. The molecule has 3 rings (SSSR count). The highest BCUT2D eigenvalue weighted by atomic mass is 32.2. The Balaban J connectivity index is 1.93. The number of aryl methyl sites for hydroxylation is 1. The summed E-state index contributed by atoms with van der Waals surface area (Å²) in [5.74, 6) is -0.0575. The van der Waals surface area contributed by atoms with Crippen LogP contribution in [0.1, 0.15) is 18.9 Å². The van der Waals surface area contributed by atoms with Crippen LogP contribution < -0.4 is 15.2 Å². The molecule has 0 radical (unpaired) electrons. The SMILES string of the molecule is CC(=O)N1CCCc2cc(S(=O)(=O)Nc3ccc(=O)[nH]c3)ccc21. The summed E-state index contributed by atoms with van der Waals surface area (Å²) >= 11 is 0. The van der Waals surface area contributed by atoms with Crippen LogP contribution in [-0.2, 0) is 21.2 Å². The number of fused-ring (bicyclic) bond motifs is 1. The van der Waals surface area contributed by atoms with Crippen LogP contribution in [0.5, 0.6) is 0 Å². The fraction of sp³-hybridized carbons (Fsp3) is 0.250. The predicted molar refractivity (Wildman–Crippen MR) is 90.7 cm³/mol. The van der Waals surface area contributed by atoms with Crippen molar-refractivity contribution in [1.29, 1.82) is 0 Å². The molecule has 2 aromatic rings. The van der Waals surface area contributed by atoms with E-state index in [-0.39, 0.29) is 22.0 Å². The first-order chi connectivity index (χ1) is 11.4. The number of benzene rings is 1. The second-order valence-electron chi connectivity index (χ2n) is 5.61. The third-order valence-corrected chi connectivity index (χ3v) is 5.28. The minimum absolute atomic E-state index is 0.0575. The minimum Gasteiger partial charge on any atom is -0.327 e. The van der Waals surface area contributed by atoms with Gasteiger partial charge in [-0.25, -0.2) is 8.42 Å². The maximum Gasteiger partial charge on any atom is 0.261 e. The average Bonchev–Trinajstić information content (AvgIpc) is 2.55. The van der Waals surface area contributed by atoms with Crippen molar-refractivity contribution in [3.05, 3.63) is 52.4 Å². The van der Waals surface area contributed by atoms with Gasteiger partial charge in [0.2, 0.25) is 11.5 Å². The largest absolute Gasteiger partial charge is 0.327 e. The summed E-state index contributed by atoms with van der Waals surface area (Å²) in [6.45, 7) is 2.14. The molecule has 0 spiro atoms. The van der Waals surface area contributed by atoms with Crippen LogP contribution in [0.15, 0.2) is 46.2 Å². The van der Waals surface area contributed by atoms with Gasteiger partial charge >= 0.3 is 0 Å². The summed E-state index contributed by atoms with van der Waals surface area (Å²) in [4.78, 5) is 26.9. The first-order valence-corrected chi connectivity index (χ1v) is 8.98. The molecule has 0 bridgehead atoms. The van der Waals surface area contributed by atoms with Gasteiger partial charge in [0.25, 0.3) is 10.0 Å². The van der Waals surface area contributed by atoms with E-state index < -0.39 is 10.0 Å². The Morgan fingerprint density at radius 2 is 2.04 bits per heavy atom. The topological polar surface area (TPSA) is 99.3 Å². The van der Waals surface area contributed by atoms with Gasteiger partial charge in [-0.05, 0) is 42.7 Å². The molecule has 7 nitrogen and oxygen atoms in total. The molecule has 1 aromatic heterocycles. The first kappa shape index (κ1) is 16.3. The highest BCUT2D eigenvalue weighted by Crippen LogP contribution is 2.30. The zero-order valence-corrected chi connectivity index (χ0v) is 13.9. The smallest absolute Gasteiger partial charge is 0.261 e. The van der Waals surface area contributed by atoms with E-state index in [1.54, 1.807) is 17.0 Å². The molecule has 0 unspecified atom stereocenters. The number of pyridine rings is 1. The van der Waals surface area contributed by atoms with Gasteiger partial charge in [0.05, 0.1) is 10.6 Å². The highest BCUT2D eigenvalue weighted by Gasteiger charge is 2.23. The van der Waals surface area contributed by atoms with E-state index in [9.17, 15) is 18.0 Å². The van der Waals surface area contributed by atoms with E-state index in [2.05, 4.69) is 9.71 Å². The number of hydrogen-bond acceptors (Lipinski definition) is 4. The first-order valence-electron chi connectivity index (χ1n) is 7.49. The van der Waals surface area contributed by atoms with E-state index >= 15 is 0 Å². The van der Waals surface area contributed by atoms with Crippen LogP contribution in [0.2, 0.25) is 0 Å². The average molecular weight is 347 g/mol. The van der Waals surface area contributed by atoms with Gasteiger partial charge in [-0.1, -0.05) is 0 Å². The second-order valence-corrected chi connectivity index (χ2v) is 7.29. The molecule has 0 saturated heterocycles. The Labute approximate surface area is 139 Å². The third-order valence-electron chi connectivity index (χ3n) is 3.90. The summed E-state index contributed by atoms with van der Waals surface area (Å²) in [7, 11) is -3.77. The second kappa shape index (κ2) is 6.12. The van der Waals surface area contributed by atoms with Gasteiger partial charge in [0, 0.05) is 31.4 Å². The predicted octanol–water partition coefficient (Wildman–Crippen LogP) is 1.47. The van der Waals surface area contributed by atoms with Crippen LogP contribution >= 0.6 is 0 Å². The summed E-state index contributed by atoms with van der Waals surface area (Å²) < 4.78 is 27.4. The summed E-state index contributed by atoms with van der Waals surface area (Å²) in [5, 5.41) is 0. The lowest BCUT2D eigenvalue weighted by Crippen LogP contribution is -2.33. The molecule has 1 aromatic carbocycles. The molecule has 0 atom stereocenters. The number of nitrogens with zero attached hydrogens (tertiary/aromatic N) is 1. The lowest BCUT2D eigenvalue weighted by atomic mass is 10.0. The van der Waals surface area contributed by atoms with E-state index in [0.29, 0.717) is 6.54 Å². The monoisotopic (exact) mass is 347 g/mol. The summed E-state index contributed by atoms with van der Waals surface area (Å²) in [6.07, 6.45) is 2.82. The van der Waals surface area contributed by atoms with Crippen molar-refractivity contribution < 1.29 is 13.2 Å². The molecular formula is C16H17N3O4S. The maximum atomic E-state index is 12.5. The van der Waals surface area contributed by atoms with Crippen LogP contribution in [-0.4, -0.2) is 25.9 Å². The van der Waals surface area contributed by atoms with Crippen LogP contribution in [0.4, 0.5) is 11.4 Å². The van der Waals surface area contributed by atoms with Crippen molar-refractivity contribution in [2.45, 2.75) is 24.7 Å². The highest BCUT2D eigenvalue weighted by molar-refractivity contribution is 7.92. The van der Waals surface area contributed by atoms with Crippen molar-refractivity contribution in [3.63, 3.8) is 0 Å². The Kier molecular flexibility index (Phi) is 4.15. The maximum absolute atomic E-state index is 12.5. The molecule has 8 heteroatoms. The standard InChI is InChI=1S/C16H17N3O4S/c1-11(20)19-8-2-3-12-9-14(5-6-15(12)19)24(22,23)18-13-4-7-16(21)17-10-13/h4-7,9-10,18H,2-3,8H2,1H3,(H,17,21). The summed E-state index contributed by atoms with van der Waals surface area (Å²) in [6, 6.07) is 7.38. The van der Waals surface area contributed by atoms with E-state index in [0.717, 1.165) is 24.1 Å². The van der Waals surface area contributed by atoms with Crippen LogP contribution in [0.25, 0.3) is 0 Å². The number of amides is 1. The van der Waals surface area contributed by atoms with Gasteiger partial charge in [0.1, 0.15) is 0 Å². The number of carbonyl (C=O) groups excluding carboxylic acids is 1. The van der Waals surface area contributed by atoms with Crippen molar-refractivity contribution in [1.82, 2.24) is 4.98 Å². The lowest BCUT2D eigenvalue weighted by molar-refractivity contribution is -0.116. The molecule has 1 aliphatic heterocycles. The van der Waals surface area contributed by atoms with Crippen molar-refractivity contribution >= 4 is 27.3 Å². The van der Waals surface area contributed by atoms with E-state index in [1.165, 1.54) is 31.3 Å². The number of rotatable bonds is 3. The van der Waals surface area contributed by atoms with Crippen LogP contribution in [0.3, 0.4) is 0 Å². The zero-order valence-electron chi connectivity index (χ0n) is 13.1. The fourth-order valence-corrected chi connectivity index (χ4v) is 3.86. The van der Waals surface area contributed by atoms with Gasteiger partial charge in [-0.2, -0.15) is 0 Å². The Hall–Kier alpha value is -2.61. The number of H-pyrrole nitrogens is 1. The van der Waals surface area contributed by atoms with Crippen molar-refractivity contribution in [3.8, 4) is 0 Å². The quantitative estimate of drug-likeness (QED) is 0.878. The molecule has 0 fully saturated rings. The third kappa shape index (κ3) is 3.18. The van der Waals surface area contributed by atoms with E-state index in [4.69, 9.17) is 0 Å². The molecule has 1 amide bonds. The number of aromatic nitrogens is 1. The summed E-state index contributed by atoms with van der Waals surface area (Å²) in [5.41, 5.74) is 1.56. The zero-order chi connectivity index (χ0) is 17.3. The molecule has 1 aliphatic rings. The van der Waals surface area contributed by atoms with Gasteiger partial charge in [0.15, 0.2) is 0 Å². The van der Waals surface area contributed by atoms with Crippen molar-refractivity contribution in [2.24, 2.45) is 0 Å². The number of sulfonamides is 1. The molecule has 0 aliphatic carbocycles. The molecular weight excluding hydrogens is 330 g/mol. The molecule has 0 saturated carbocycles. The number of carbonyl (C=O) groups is 1. The fourth-order valence-electron chi connectivity index (χ4n) is 2.76. The Morgan fingerprint density at radius 1 is 1.25 bits per heavy atom.